The van der Waals surface area contributed by atoms with Crippen molar-refractivity contribution in [2.45, 2.75) is 5.72 Å². The summed E-state index contributed by atoms with van der Waals surface area (Å²) in [7, 11) is 0. The van der Waals surface area contributed by atoms with E-state index in [9.17, 15) is 9.90 Å². The SMILES string of the molecule is NC(O)(CO)c1ccccc1C=O. The third-order valence-corrected chi connectivity index (χ3v) is 1.80. The molecule has 0 aromatic heterocycles. The van der Waals surface area contributed by atoms with E-state index in [0.29, 0.717) is 6.29 Å². The molecule has 0 saturated heterocycles. The lowest BCUT2D eigenvalue weighted by Gasteiger charge is -2.21. The molecule has 0 amide bonds. The Morgan fingerprint density at radius 1 is 1.46 bits per heavy atom. The van der Waals surface area contributed by atoms with Crippen LogP contribution in [0.2, 0.25) is 0 Å². The first-order valence-corrected chi connectivity index (χ1v) is 3.78. The van der Waals surface area contributed by atoms with Gasteiger partial charge in [0.1, 0.15) is 6.29 Å². The van der Waals surface area contributed by atoms with E-state index in [1.807, 2.05) is 0 Å². The summed E-state index contributed by atoms with van der Waals surface area (Å²) in [6.45, 7) is -0.627. The second-order valence-corrected chi connectivity index (χ2v) is 2.79. The highest BCUT2D eigenvalue weighted by Gasteiger charge is 2.24. The summed E-state index contributed by atoms with van der Waals surface area (Å²) >= 11 is 0. The predicted octanol–water partition coefficient (Wildman–Crippen LogP) is -0.405. The molecule has 0 saturated carbocycles. The van der Waals surface area contributed by atoms with Crippen molar-refractivity contribution in [3.05, 3.63) is 35.4 Å². The van der Waals surface area contributed by atoms with Gasteiger partial charge in [-0.2, -0.15) is 0 Å². The van der Waals surface area contributed by atoms with Gasteiger partial charge >= 0.3 is 0 Å². The van der Waals surface area contributed by atoms with Gasteiger partial charge in [-0.05, 0) is 0 Å². The Kier molecular flexibility index (Phi) is 2.77. The monoisotopic (exact) mass is 181 g/mol. The quantitative estimate of drug-likeness (QED) is 0.437. The Morgan fingerprint density at radius 3 is 2.62 bits per heavy atom. The highest BCUT2D eigenvalue weighted by molar-refractivity contribution is 5.77. The summed E-state index contributed by atoms with van der Waals surface area (Å²) in [5, 5.41) is 18.3. The van der Waals surface area contributed by atoms with Gasteiger partial charge in [0, 0.05) is 11.1 Å². The maximum absolute atomic E-state index is 10.5. The van der Waals surface area contributed by atoms with Crippen LogP contribution in [0.3, 0.4) is 0 Å². The van der Waals surface area contributed by atoms with Gasteiger partial charge in [-0.1, -0.05) is 24.3 Å². The number of aliphatic hydroxyl groups excluding tert-OH is 1. The van der Waals surface area contributed by atoms with Crippen molar-refractivity contribution in [3.63, 3.8) is 0 Å². The van der Waals surface area contributed by atoms with Crippen LogP contribution in [0, 0.1) is 0 Å². The van der Waals surface area contributed by atoms with E-state index in [1.54, 1.807) is 12.1 Å². The minimum atomic E-state index is -1.85. The second-order valence-electron chi connectivity index (χ2n) is 2.79. The molecule has 70 valence electrons. The third-order valence-electron chi connectivity index (χ3n) is 1.80. The average molecular weight is 181 g/mol. The second kappa shape index (κ2) is 3.66. The summed E-state index contributed by atoms with van der Waals surface area (Å²) in [5.41, 5.74) is 4.02. The maximum atomic E-state index is 10.5. The number of aldehydes is 1. The summed E-state index contributed by atoms with van der Waals surface area (Å²) < 4.78 is 0. The van der Waals surface area contributed by atoms with E-state index in [-0.39, 0.29) is 11.1 Å². The first-order valence-electron chi connectivity index (χ1n) is 3.78. The zero-order valence-corrected chi connectivity index (χ0v) is 6.97. The van der Waals surface area contributed by atoms with Crippen LogP contribution in [-0.2, 0) is 5.72 Å². The normalized spacial score (nSPS) is 15.0. The molecule has 0 radical (unpaired) electrons. The van der Waals surface area contributed by atoms with Gasteiger partial charge in [-0.15, -0.1) is 0 Å². The Hall–Kier alpha value is -1.23. The first-order chi connectivity index (χ1) is 6.11. The minimum absolute atomic E-state index is 0.229. The fraction of sp³-hybridized carbons (Fsp3) is 0.222. The van der Waals surface area contributed by atoms with E-state index in [4.69, 9.17) is 10.8 Å². The number of hydrogen-bond donors (Lipinski definition) is 3. The van der Waals surface area contributed by atoms with Gasteiger partial charge in [-0.25, -0.2) is 0 Å². The molecule has 1 unspecified atom stereocenters. The number of aliphatic hydroxyl groups is 2. The number of hydrogen-bond acceptors (Lipinski definition) is 4. The molecule has 0 bridgehead atoms. The standard InChI is InChI=1S/C9H11NO3/c10-9(13,6-12)8-4-2-1-3-7(8)5-11/h1-5,12-13H,6,10H2. The fourth-order valence-corrected chi connectivity index (χ4v) is 1.08. The van der Waals surface area contributed by atoms with Gasteiger partial charge in [0.2, 0.25) is 0 Å². The lowest BCUT2D eigenvalue weighted by Crippen LogP contribution is -2.41. The summed E-state index contributed by atoms with van der Waals surface area (Å²) in [5.74, 6) is 0. The molecular formula is C9H11NO3. The maximum Gasteiger partial charge on any atom is 0.163 e. The predicted molar refractivity (Wildman–Crippen MR) is 47.0 cm³/mol. The van der Waals surface area contributed by atoms with Crippen molar-refractivity contribution in [2.75, 3.05) is 6.61 Å². The molecule has 0 spiro atoms. The molecule has 0 aliphatic rings. The molecule has 13 heavy (non-hydrogen) atoms. The molecule has 0 heterocycles. The average Bonchev–Trinajstić information content (AvgIpc) is 2.18. The summed E-state index contributed by atoms with van der Waals surface area (Å²) in [6.07, 6.45) is 0.586. The van der Waals surface area contributed by atoms with E-state index in [1.165, 1.54) is 12.1 Å². The lowest BCUT2D eigenvalue weighted by atomic mass is 9.99. The Morgan fingerprint density at radius 2 is 2.08 bits per heavy atom. The van der Waals surface area contributed by atoms with Crippen molar-refractivity contribution >= 4 is 6.29 Å². The van der Waals surface area contributed by atoms with Crippen LogP contribution in [0.1, 0.15) is 15.9 Å². The molecule has 0 fully saturated rings. The van der Waals surface area contributed by atoms with Crippen molar-refractivity contribution in [1.82, 2.24) is 0 Å². The van der Waals surface area contributed by atoms with Crippen molar-refractivity contribution < 1.29 is 15.0 Å². The van der Waals surface area contributed by atoms with Gasteiger partial charge < -0.3 is 10.2 Å². The number of benzene rings is 1. The number of rotatable bonds is 3. The van der Waals surface area contributed by atoms with Gasteiger partial charge in [0.15, 0.2) is 5.72 Å². The number of carbonyl (C=O) groups excluding carboxylic acids is 1. The molecule has 0 aliphatic carbocycles. The van der Waals surface area contributed by atoms with Gasteiger partial charge in [0.05, 0.1) is 6.61 Å². The summed E-state index contributed by atoms with van der Waals surface area (Å²) in [4.78, 5) is 10.5. The molecule has 4 heteroatoms. The van der Waals surface area contributed by atoms with E-state index < -0.39 is 12.3 Å². The van der Waals surface area contributed by atoms with Crippen LogP contribution in [0.15, 0.2) is 24.3 Å². The largest absolute Gasteiger partial charge is 0.392 e. The zero-order chi connectivity index (χ0) is 9.90. The van der Waals surface area contributed by atoms with Crippen molar-refractivity contribution in [2.24, 2.45) is 5.73 Å². The highest BCUT2D eigenvalue weighted by Crippen LogP contribution is 2.17. The molecule has 1 rings (SSSR count). The molecule has 4 N–H and O–H groups in total. The smallest absolute Gasteiger partial charge is 0.163 e. The molecular weight excluding hydrogens is 170 g/mol. The van der Waals surface area contributed by atoms with Crippen LogP contribution in [0.4, 0.5) is 0 Å². The van der Waals surface area contributed by atoms with Crippen molar-refractivity contribution in [3.8, 4) is 0 Å². The van der Waals surface area contributed by atoms with Gasteiger partial charge in [-0.3, -0.25) is 10.5 Å². The highest BCUT2D eigenvalue weighted by atomic mass is 16.3. The van der Waals surface area contributed by atoms with Crippen LogP contribution in [-0.4, -0.2) is 23.1 Å². The van der Waals surface area contributed by atoms with E-state index in [0.717, 1.165) is 0 Å². The molecule has 1 aromatic carbocycles. The molecule has 1 aromatic rings. The first kappa shape index (κ1) is 9.85. The van der Waals surface area contributed by atoms with E-state index >= 15 is 0 Å². The molecule has 4 nitrogen and oxygen atoms in total. The van der Waals surface area contributed by atoms with Crippen molar-refractivity contribution in [1.29, 1.82) is 0 Å². The summed E-state index contributed by atoms with van der Waals surface area (Å²) in [6, 6.07) is 6.31. The number of carbonyl (C=O) groups is 1. The zero-order valence-electron chi connectivity index (χ0n) is 6.97. The minimum Gasteiger partial charge on any atom is -0.392 e. The topological polar surface area (TPSA) is 83.6 Å². The van der Waals surface area contributed by atoms with Crippen LogP contribution < -0.4 is 5.73 Å². The van der Waals surface area contributed by atoms with Crippen LogP contribution in [0.25, 0.3) is 0 Å². The molecule has 0 aliphatic heterocycles. The molecule has 1 atom stereocenters. The van der Waals surface area contributed by atoms with Crippen LogP contribution in [0.5, 0.6) is 0 Å². The van der Waals surface area contributed by atoms with E-state index in [2.05, 4.69) is 0 Å². The Labute approximate surface area is 75.6 Å². The Balaban J connectivity index is 3.20. The third kappa shape index (κ3) is 1.92. The van der Waals surface area contributed by atoms with Crippen LogP contribution >= 0.6 is 0 Å². The number of nitrogens with two attached hydrogens (primary N) is 1. The fourth-order valence-electron chi connectivity index (χ4n) is 1.08. The Bertz CT molecular complexity index is 309. The van der Waals surface area contributed by atoms with Gasteiger partial charge in [0.25, 0.3) is 0 Å². The lowest BCUT2D eigenvalue weighted by molar-refractivity contribution is -0.0139.